The van der Waals surface area contributed by atoms with Crippen molar-refractivity contribution in [3.8, 4) is 0 Å². The number of hydrogen-bond donors (Lipinski definition) is 0. The van der Waals surface area contributed by atoms with E-state index in [0.717, 1.165) is 0 Å². The highest BCUT2D eigenvalue weighted by atomic mass is 16.6. The van der Waals surface area contributed by atoms with Gasteiger partial charge in [-0.1, -0.05) is 0 Å². The summed E-state index contributed by atoms with van der Waals surface area (Å²) in [6.07, 6.45) is 4.71. The first-order valence-electron chi connectivity index (χ1n) is 5.11. The Morgan fingerprint density at radius 3 is 2.50 bits per heavy atom. The van der Waals surface area contributed by atoms with E-state index in [1.807, 2.05) is 0 Å². The van der Waals surface area contributed by atoms with E-state index in [0.29, 0.717) is 0 Å². The molecule has 1 heterocycles. The molecule has 0 aliphatic rings. The van der Waals surface area contributed by atoms with Crippen LogP contribution in [0.25, 0.3) is 0 Å². The summed E-state index contributed by atoms with van der Waals surface area (Å²) in [5.74, 6) is -0.524. The molecular formula is C11H16N2O3. The van der Waals surface area contributed by atoms with Crippen LogP contribution in [0.1, 0.15) is 38.4 Å². The second-order valence-electron chi connectivity index (χ2n) is 4.45. The Balaban J connectivity index is 2.35. The Labute approximate surface area is 94.4 Å². The highest BCUT2D eigenvalue weighted by Gasteiger charge is 2.17. The van der Waals surface area contributed by atoms with Gasteiger partial charge >= 0.3 is 5.97 Å². The van der Waals surface area contributed by atoms with Crippen molar-refractivity contribution in [2.24, 2.45) is 0 Å². The number of esters is 1. The molecule has 1 rings (SSSR count). The lowest BCUT2D eigenvalue weighted by Gasteiger charge is -2.19. The van der Waals surface area contributed by atoms with Gasteiger partial charge in [-0.2, -0.15) is 0 Å². The molecule has 0 aromatic carbocycles. The number of aromatic nitrogens is 2. The van der Waals surface area contributed by atoms with Gasteiger partial charge in [0.15, 0.2) is 0 Å². The maximum absolute atomic E-state index is 11.5. The summed E-state index contributed by atoms with van der Waals surface area (Å²) in [7, 11) is 0. The molecule has 0 aliphatic heterocycles. The number of imidazole rings is 1. The molecule has 0 radical (unpaired) electrons. The van der Waals surface area contributed by atoms with E-state index in [-0.39, 0.29) is 24.7 Å². The van der Waals surface area contributed by atoms with Crippen LogP contribution in [0.15, 0.2) is 18.7 Å². The Morgan fingerprint density at radius 1 is 1.31 bits per heavy atom. The third-order valence-corrected chi connectivity index (χ3v) is 1.76. The lowest BCUT2D eigenvalue weighted by molar-refractivity contribution is -0.154. The van der Waals surface area contributed by atoms with Gasteiger partial charge in [-0.05, 0) is 20.8 Å². The van der Waals surface area contributed by atoms with Crippen LogP contribution in [0.4, 0.5) is 0 Å². The smallest absolute Gasteiger partial charge is 0.306 e. The zero-order valence-electron chi connectivity index (χ0n) is 9.77. The van der Waals surface area contributed by atoms with Crippen LogP contribution in [0, 0.1) is 0 Å². The van der Waals surface area contributed by atoms with Crippen molar-refractivity contribution in [1.82, 2.24) is 9.55 Å². The number of nitrogens with zero attached hydrogens (tertiary/aromatic N) is 2. The normalized spacial score (nSPS) is 11.2. The first-order chi connectivity index (χ1) is 7.38. The third-order valence-electron chi connectivity index (χ3n) is 1.76. The predicted octanol–water partition coefficient (Wildman–Crippen LogP) is 1.65. The van der Waals surface area contributed by atoms with Crippen molar-refractivity contribution in [3.05, 3.63) is 18.7 Å². The van der Waals surface area contributed by atoms with Gasteiger partial charge in [0.1, 0.15) is 11.9 Å². The van der Waals surface area contributed by atoms with Gasteiger partial charge in [-0.15, -0.1) is 0 Å². The van der Waals surface area contributed by atoms with Crippen LogP contribution in [-0.4, -0.2) is 27.0 Å². The van der Waals surface area contributed by atoms with Gasteiger partial charge in [0, 0.05) is 18.8 Å². The lowest BCUT2D eigenvalue weighted by Crippen LogP contribution is -2.24. The quantitative estimate of drug-likeness (QED) is 0.732. The van der Waals surface area contributed by atoms with Gasteiger partial charge in [0.25, 0.3) is 0 Å². The summed E-state index contributed by atoms with van der Waals surface area (Å²) in [5, 5.41) is 0. The van der Waals surface area contributed by atoms with Gasteiger partial charge in [-0.25, -0.2) is 4.98 Å². The molecule has 16 heavy (non-hydrogen) atoms. The molecular weight excluding hydrogens is 208 g/mol. The fourth-order valence-electron chi connectivity index (χ4n) is 1.14. The molecule has 0 atom stereocenters. The molecule has 5 heteroatoms. The molecule has 5 nitrogen and oxygen atoms in total. The standard InChI is InChI=1S/C11H16N2O3/c1-11(2,3)16-10(15)5-4-9(14)13-7-6-12-8-13/h6-8H,4-5H2,1-3H3. The Kier molecular flexibility index (Phi) is 3.82. The third kappa shape index (κ3) is 4.25. The van der Waals surface area contributed by atoms with E-state index in [1.165, 1.54) is 17.1 Å². The average molecular weight is 224 g/mol. The second-order valence-corrected chi connectivity index (χ2v) is 4.45. The van der Waals surface area contributed by atoms with E-state index in [2.05, 4.69) is 4.98 Å². The SMILES string of the molecule is CC(C)(C)OC(=O)CCC(=O)n1ccnc1. The number of hydrogen-bond acceptors (Lipinski definition) is 4. The molecule has 1 aromatic heterocycles. The van der Waals surface area contributed by atoms with Crippen LogP contribution in [0.5, 0.6) is 0 Å². The zero-order valence-corrected chi connectivity index (χ0v) is 9.77. The van der Waals surface area contributed by atoms with Crippen molar-refractivity contribution < 1.29 is 14.3 Å². The molecule has 0 amide bonds. The summed E-state index contributed by atoms with van der Waals surface area (Å²) in [4.78, 5) is 26.6. The summed E-state index contributed by atoms with van der Waals surface area (Å²) >= 11 is 0. The largest absolute Gasteiger partial charge is 0.460 e. The minimum atomic E-state index is -0.505. The van der Waals surface area contributed by atoms with Gasteiger partial charge in [-0.3, -0.25) is 14.2 Å². The molecule has 1 aromatic rings. The van der Waals surface area contributed by atoms with Crippen molar-refractivity contribution >= 4 is 11.9 Å². The molecule has 0 unspecified atom stereocenters. The molecule has 0 N–H and O–H groups in total. The molecule has 0 aliphatic carbocycles. The predicted molar refractivity (Wildman–Crippen MR) is 57.9 cm³/mol. The molecule has 0 saturated carbocycles. The maximum Gasteiger partial charge on any atom is 0.306 e. The van der Waals surface area contributed by atoms with Crippen molar-refractivity contribution in [1.29, 1.82) is 0 Å². The first-order valence-corrected chi connectivity index (χ1v) is 5.11. The van der Waals surface area contributed by atoms with Crippen LogP contribution < -0.4 is 0 Å². The van der Waals surface area contributed by atoms with E-state index in [9.17, 15) is 9.59 Å². The van der Waals surface area contributed by atoms with Crippen LogP contribution >= 0.6 is 0 Å². The minimum absolute atomic E-state index is 0.0916. The number of ether oxygens (including phenoxy) is 1. The zero-order chi connectivity index (χ0) is 12.2. The highest BCUT2D eigenvalue weighted by molar-refractivity contribution is 5.83. The molecule has 0 fully saturated rings. The Bertz CT molecular complexity index is 363. The maximum atomic E-state index is 11.5. The minimum Gasteiger partial charge on any atom is -0.460 e. The lowest BCUT2D eigenvalue weighted by atomic mass is 10.2. The van der Waals surface area contributed by atoms with Crippen LogP contribution in [0.3, 0.4) is 0 Å². The van der Waals surface area contributed by atoms with Gasteiger partial charge < -0.3 is 4.74 Å². The van der Waals surface area contributed by atoms with Gasteiger partial charge in [0.05, 0.1) is 6.42 Å². The second kappa shape index (κ2) is 4.92. The summed E-state index contributed by atoms with van der Waals surface area (Å²) in [6.45, 7) is 5.38. The number of rotatable bonds is 3. The summed E-state index contributed by atoms with van der Waals surface area (Å²) < 4.78 is 6.44. The molecule has 0 spiro atoms. The van der Waals surface area contributed by atoms with Crippen molar-refractivity contribution in [3.63, 3.8) is 0 Å². The van der Waals surface area contributed by atoms with Crippen LogP contribution in [0.2, 0.25) is 0 Å². The molecule has 88 valence electrons. The highest BCUT2D eigenvalue weighted by Crippen LogP contribution is 2.09. The number of carbonyl (C=O) groups is 2. The fraction of sp³-hybridized carbons (Fsp3) is 0.545. The van der Waals surface area contributed by atoms with Crippen LogP contribution in [-0.2, 0) is 9.53 Å². The van der Waals surface area contributed by atoms with E-state index < -0.39 is 5.60 Å². The molecule has 0 saturated heterocycles. The van der Waals surface area contributed by atoms with E-state index >= 15 is 0 Å². The van der Waals surface area contributed by atoms with Crippen molar-refractivity contribution in [2.75, 3.05) is 0 Å². The monoisotopic (exact) mass is 224 g/mol. The fourth-order valence-corrected chi connectivity index (χ4v) is 1.14. The Hall–Kier alpha value is -1.65. The average Bonchev–Trinajstić information content (AvgIpc) is 2.64. The number of carbonyl (C=O) groups excluding carboxylic acids is 2. The Morgan fingerprint density at radius 2 is 2.00 bits per heavy atom. The topological polar surface area (TPSA) is 61.2 Å². The summed E-state index contributed by atoms with van der Waals surface area (Å²) in [6, 6.07) is 0. The van der Waals surface area contributed by atoms with E-state index in [1.54, 1.807) is 27.0 Å². The summed E-state index contributed by atoms with van der Waals surface area (Å²) in [5.41, 5.74) is -0.505. The first kappa shape index (κ1) is 12.4. The van der Waals surface area contributed by atoms with Crippen molar-refractivity contribution in [2.45, 2.75) is 39.2 Å². The molecule has 0 bridgehead atoms. The van der Waals surface area contributed by atoms with E-state index in [4.69, 9.17) is 4.74 Å². The van der Waals surface area contributed by atoms with Gasteiger partial charge in [0.2, 0.25) is 5.91 Å².